The van der Waals surface area contributed by atoms with E-state index in [2.05, 4.69) is 15.6 Å². The fourth-order valence-corrected chi connectivity index (χ4v) is 4.37. The number of aromatic nitrogens is 1. The Bertz CT molecular complexity index is 1210. The molecule has 1 aromatic heterocycles. The van der Waals surface area contributed by atoms with E-state index in [0.717, 1.165) is 16.0 Å². The number of aryl methyl sites for hydroxylation is 1. The number of anilines is 1. The monoisotopic (exact) mass is 464 g/mol. The standard InChI is InChI=1S/C24H24N4O4S/c1-4-32-19-8-6-5-7-17(19)18-14-33-22(25-18)26-20(29)13-28-21(30)24(3,27-23(28)31)16-11-9-15(2)10-12-16/h5-12,14H,4,13H2,1-3H3,(H,27,31)(H,25,26,29). The molecule has 2 aromatic carbocycles. The van der Waals surface area contributed by atoms with Crippen LogP contribution in [0, 0.1) is 6.92 Å². The molecule has 4 amide bonds. The predicted octanol–water partition coefficient (Wildman–Crippen LogP) is 3.92. The van der Waals surface area contributed by atoms with Gasteiger partial charge >= 0.3 is 6.03 Å². The Hall–Kier alpha value is -3.72. The number of ether oxygens (including phenoxy) is 1. The number of nitrogens with zero attached hydrogens (tertiary/aromatic N) is 2. The molecule has 0 bridgehead atoms. The summed E-state index contributed by atoms with van der Waals surface area (Å²) in [5, 5.41) is 7.57. The average Bonchev–Trinajstić information content (AvgIpc) is 3.33. The number of para-hydroxylation sites is 1. The molecule has 1 aliphatic heterocycles. The van der Waals surface area contributed by atoms with E-state index in [4.69, 9.17) is 4.74 Å². The highest BCUT2D eigenvalue weighted by Gasteiger charge is 2.49. The molecule has 1 fully saturated rings. The minimum atomic E-state index is -1.22. The van der Waals surface area contributed by atoms with Crippen molar-refractivity contribution >= 4 is 34.3 Å². The molecule has 0 saturated carbocycles. The van der Waals surface area contributed by atoms with Crippen LogP contribution < -0.4 is 15.4 Å². The molecule has 1 aliphatic rings. The third kappa shape index (κ3) is 4.45. The molecule has 1 atom stereocenters. The number of carbonyl (C=O) groups excluding carboxylic acids is 3. The molecule has 3 aromatic rings. The second kappa shape index (κ2) is 9.03. The second-order valence-corrected chi connectivity index (χ2v) is 8.69. The van der Waals surface area contributed by atoms with E-state index < -0.39 is 29.9 Å². The summed E-state index contributed by atoms with van der Waals surface area (Å²) in [6.07, 6.45) is 0. The van der Waals surface area contributed by atoms with Crippen molar-refractivity contribution in [1.29, 1.82) is 0 Å². The Balaban J connectivity index is 1.45. The maximum atomic E-state index is 13.0. The number of hydrogen-bond donors (Lipinski definition) is 2. The highest BCUT2D eigenvalue weighted by molar-refractivity contribution is 7.14. The SMILES string of the molecule is CCOc1ccccc1-c1csc(NC(=O)CN2C(=O)NC(C)(c3ccc(C)cc3)C2=O)n1. The third-order valence-electron chi connectivity index (χ3n) is 5.42. The van der Waals surface area contributed by atoms with Crippen molar-refractivity contribution in [3.63, 3.8) is 0 Å². The van der Waals surface area contributed by atoms with Gasteiger partial charge in [-0.05, 0) is 38.5 Å². The number of thiazole rings is 1. The summed E-state index contributed by atoms with van der Waals surface area (Å²) in [6.45, 7) is 5.60. The minimum Gasteiger partial charge on any atom is -0.493 e. The summed E-state index contributed by atoms with van der Waals surface area (Å²) >= 11 is 1.25. The van der Waals surface area contributed by atoms with Gasteiger partial charge in [0.25, 0.3) is 5.91 Å². The first-order chi connectivity index (χ1) is 15.8. The fraction of sp³-hybridized carbons (Fsp3) is 0.250. The number of urea groups is 1. The molecule has 9 heteroatoms. The molecule has 8 nitrogen and oxygen atoms in total. The van der Waals surface area contributed by atoms with Crippen molar-refractivity contribution in [3.8, 4) is 17.0 Å². The van der Waals surface area contributed by atoms with E-state index in [-0.39, 0.29) is 0 Å². The van der Waals surface area contributed by atoms with Crippen LogP contribution in [0.15, 0.2) is 53.9 Å². The summed E-state index contributed by atoms with van der Waals surface area (Å²) < 4.78 is 5.65. The van der Waals surface area contributed by atoms with Gasteiger partial charge in [0.1, 0.15) is 17.8 Å². The minimum absolute atomic E-state index is 0.370. The first-order valence-corrected chi connectivity index (χ1v) is 11.4. The van der Waals surface area contributed by atoms with Gasteiger partial charge < -0.3 is 15.4 Å². The van der Waals surface area contributed by atoms with Crippen LogP contribution in [0.25, 0.3) is 11.3 Å². The maximum Gasteiger partial charge on any atom is 0.325 e. The Morgan fingerprint density at radius 2 is 1.91 bits per heavy atom. The zero-order valence-electron chi connectivity index (χ0n) is 18.5. The molecule has 1 saturated heterocycles. The van der Waals surface area contributed by atoms with Crippen LogP contribution in [0.5, 0.6) is 5.75 Å². The van der Waals surface area contributed by atoms with Crippen LogP contribution in [-0.2, 0) is 15.1 Å². The summed E-state index contributed by atoms with van der Waals surface area (Å²) in [5.74, 6) is -0.277. The number of hydrogen-bond acceptors (Lipinski definition) is 6. The van der Waals surface area contributed by atoms with Crippen molar-refractivity contribution in [2.45, 2.75) is 26.3 Å². The maximum absolute atomic E-state index is 13.0. The lowest BCUT2D eigenvalue weighted by molar-refractivity contribution is -0.133. The highest BCUT2D eigenvalue weighted by Crippen LogP contribution is 2.32. The average molecular weight is 465 g/mol. The molecule has 0 aliphatic carbocycles. The number of benzene rings is 2. The summed E-state index contributed by atoms with van der Waals surface area (Å²) in [6, 6.07) is 14.3. The van der Waals surface area contributed by atoms with Crippen LogP contribution in [0.4, 0.5) is 9.93 Å². The van der Waals surface area contributed by atoms with Crippen molar-refractivity contribution < 1.29 is 19.1 Å². The van der Waals surface area contributed by atoms with E-state index in [1.165, 1.54) is 11.3 Å². The normalized spacial score (nSPS) is 17.7. The third-order valence-corrected chi connectivity index (χ3v) is 6.18. The van der Waals surface area contributed by atoms with Gasteiger partial charge in [-0.25, -0.2) is 9.78 Å². The van der Waals surface area contributed by atoms with Crippen molar-refractivity contribution in [3.05, 3.63) is 65.0 Å². The van der Waals surface area contributed by atoms with E-state index in [1.807, 2.05) is 55.6 Å². The van der Waals surface area contributed by atoms with Crippen LogP contribution in [0.3, 0.4) is 0 Å². The van der Waals surface area contributed by atoms with Gasteiger partial charge in [0.15, 0.2) is 5.13 Å². The van der Waals surface area contributed by atoms with Gasteiger partial charge in [-0.1, -0.05) is 42.0 Å². The largest absolute Gasteiger partial charge is 0.493 e. The van der Waals surface area contributed by atoms with Gasteiger partial charge in [-0.2, -0.15) is 0 Å². The molecule has 0 spiro atoms. The van der Waals surface area contributed by atoms with Crippen LogP contribution in [0.1, 0.15) is 25.0 Å². The zero-order chi connectivity index (χ0) is 23.6. The van der Waals surface area contributed by atoms with Gasteiger partial charge in [-0.3, -0.25) is 14.5 Å². The number of rotatable bonds is 7. The zero-order valence-corrected chi connectivity index (χ0v) is 19.4. The predicted molar refractivity (Wildman–Crippen MR) is 126 cm³/mol. The fourth-order valence-electron chi connectivity index (χ4n) is 3.64. The Morgan fingerprint density at radius 1 is 1.18 bits per heavy atom. The van der Waals surface area contributed by atoms with Crippen molar-refractivity contribution in [1.82, 2.24) is 15.2 Å². The Morgan fingerprint density at radius 3 is 2.64 bits per heavy atom. The topological polar surface area (TPSA) is 101 Å². The second-order valence-electron chi connectivity index (χ2n) is 7.83. The molecule has 33 heavy (non-hydrogen) atoms. The lowest BCUT2D eigenvalue weighted by atomic mass is 9.91. The van der Waals surface area contributed by atoms with E-state index in [1.54, 1.807) is 19.1 Å². The Kier molecular flexibility index (Phi) is 6.15. The number of amides is 4. The van der Waals surface area contributed by atoms with Gasteiger partial charge in [0.2, 0.25) is 5.91 Å². The molecular formula is C24H24N4O4S. The summed E-state index contributed by atoms with van der Waals surface area (Å²) in [7, 11) is 0. The number of imide groups is 1. The quantitative estimate of drug-likeness (QED) is 0.516. The van der Waals surface area contributed by atoms with Crippen LogP contribution >= 0.6 is 11.3 Å². The van der Waals surface area contributed by atoms with E-state index in [9.17, 15) is 14.4 Å². The van der Waals surface area contributed by atoms with Gasteiger partial charge in [0.05, 0.1) is 12.3 Å². The molecule has 4 rings (SSSR count). The Labute approximate surface area is 195 Å². The molecule has 2 heterocycles. The van der Waals surface area contributed by atoms with Crippen molar-refractivity contribution in [2.75, 3.05) is 18.5 Å². The van der Waals surface area contributed by atoms with Crippen LogP contribution in [0.2, 0.25) is 0 Å². The molecular weight excluding hydrogens is 440 g/mol. The van der Waals surface area contributed by atoms with E-state index >= 15 is 0 Å². The lowest BCUT2D eigenvalue weighted by Gasteiger charge is -2.22. The smallest absolute Gasteiger partial charge is 0.325 e. The highest BCUT2D eigenvalue weighted by atomic mass is 32.1. The van der Waals surface area contributed by atoms with E-state index in [0.29, 0.717) is 28.7 Å². The lowest BCUT2D eigenvalue weighted by Crippen LogP contribution is -2.42. The molecule has 0 radical (unpaired) electrons. The summed E-state index contributed by atoms with van der Waals surface area (Å²) in [4.78, 5) is 43.6. The first kappa shape index (κ1) is 22.5. The first-order valence-electron chi connectivity index (χ1n) is 10.5. The van der Waals surface area contributed by atoms with Crippen molar-refractivity contribution in [2.24, 2.45) is 0 Å². The van der Waals surface area contributed by atoms with Crippen LogP contribution in [-0.4, -0.2) is 40.9 Å². The van der Waals surface area contributed by atoms with Gasteiger partial charge in [-0.15, -0.1) is 11.3 Å². The number of nitrogens with one attached hydrogen (secondary N) is 2. The number of carbonyl (C=O) groups is 3. The summed E-state index contributed by atoms with van der Waals surface area (Å²) in [5.41, 5.74) is 1.97. The molecule has 170 valence electrons. The molecule has 2 N–H and O–H groups in total. The van der Waals surface area contributed by atoms with Gasteiger partial charge in [0, 0.05) is 10.9 Å². The molecule has 1 unspecified atom stereocenters.